The first kappa shape index (κ1) is 13.6. The van der Waals surface area contributed by atoms with Crippen LogP contribution in [0.15, 0.2) is 67.3 Å². The molecule has 0 fully saturated rings. The second-order valence-corrected chi connectivity index (χ2v) is 5.20. The van der Waals surface area contributed by atoms with Gasteiger partial charge in [0.25, 0.3) is 0 Å². The first-order valence-corrected chi connectivity index (χ1v) is 7.34. The second-order valence-electron chi connectivity index (χ2n) is 4.17. The van der Waals surface area contributed by atoms with Crippen LogP contribution in [0.3, 0.4) is 0 Å². The summed E-state index contributed by atoms with van der Waals surface area (Å²) >= 11 is 1.59. The van der Waals surface area contributed by atoms with Gasteiger partial charge in [0.05, 0.1) is 5.75 Å². The van der Waals surface area contributed by atoms with Crippen LogP contribution >= 0.6 is 11.8 Å². The van der Waals surface area contributed by atoms with Crippen molar-refractivity contribution in [3.63, 3.8) is 0 Å². The van der Waals surface area contributed by atoms with Crippen LogP contribution in [0.2, 0.25) is 0 Å². The molecule has 2 aromatic rings. The monoisotopic (exact) mass is 268 g/mol. The lowest BCUT2D eigenvalue weighted by Gasteiger charge is -2.04. The summed E-state index contributed by atoms with van der Waals surface area (Å²) in [5.41, 5.74) is 3.08. The van der Waals surface area contributed by atoms with Crippen molar-refractivity contribution in [1.29, 1.82) is 0 Å². The van der Waals surface area contributed by atoms with Crippen LogP contribution < -0.4 is 0 Å². The smallest absolute Gasteiger partial charge is 0.172 e. The van der Waals surface area contributed by atoms with Gasteiger partial charge in [0.2, 0.25) is 0 Å². The van der Waals surface area contributed by atoms with Crippen molar-refractivity contribution in [2.75, 3.05) is 11.5 Å². The van der Waals surface area contributed by atoms with E-state index in [1.165, 1.54) is 5.56 Å². The lowest BCUT2D eigenvalue weighted by atomic mass is 10.0. The average molecular weight is 268 g/mol. The van der Waals surface area contributed by atoms with E-state index >= 15 is 0 Å². The number of carbonyl (C=O) groups is 1. The fourth-order valence-corrected chi connectivity index (χ4v) is 2.43. The van der Waals surface area contributed by atoms with E-state index in [9.17, 15) is 4.79 Å². The number of rotatable bonds is 6. The number of hydrogen-bond donors (Lipinski definition) is 0. The molecule has 0 bridgehead atoms. The van der Waals surface area contributed by atoms with Crippen molar-refractivity contribution < 1.29 is 4.79 Å². The van der Waals surface area contributed by atoms with E-state index in [0.717, 1.165) is 16.9 Å². The Balaban J connectivity index is 2.06. The molecule has 0 N–H and O–H groups in total. The van der Waals surface area contributed by atoms with Crippen LogP contribution in [0.5, 0.6) is 0 Å². The summed E-state index contributed by atoms with van der Waals surface area (Å²) in [6.45, 7) is 3.64. The van der Waals surface area contributed by atoms with Crippen molar-refractivity contribution in [3.05, 3.63) is 72.8 Å². The minimum atomic E-state index is 0.173. The van der Waals surface area contributed by atoms with Gasteiger partial charge in [-0.2, -0.15) is 0 Å². The van der Waals surface area contributed by atoms with E-state index in [0.29, 0.717) is 5.75 Å². The quantitative estimate of drug-likeness (QED) is 0.437. The van der Waals surface area contributed by atoms with E-state index in [4.69, 9.17) is 0 Å². The Kier molecular flexibility index (Phi) is 4.99. The van der Waals surface area contributed by atoms with Crippen molar-refractivity contribution in [2.45, 2.75) is 0 Å². The van der Waals surface area contributed by atoms with Crippen molar-refractivity contribution >= 4 is 17.5 Å². The molecule has 1 nitrogen and oxygen atoms in total. The third-order valence-electron chi connectivity index (χ3n) is 2.78. The molecule has 0 atom stereocenters. The minimum absolute atomic E-state index is 0.173. The molecule has 96 valence electrons. The Morgan fingerprint density at radius 3 is 2.26 bits per heavy atom. The zero-order valence-electron chi connectivity index (χ0n) is 10.7. The van der Waals surface area contributed by atoms with Gasteiger partial charge in [-0.15, -0.1) is 18.3 Å². The molecule has 0 saturated heterocycles. The Hall–Kier alpha value is -1.80. The second kappa shape index (κ2) is 6.95. The van der Waals surface area contributed by atoms with Gasteiger partial charge < -0.3 is 0 Å². The minimum Gasteiger partial charge on any atom is -0.293 e. The van der Waals surface area contributed by atoms with Crippen LogP contribution in [0.25, 0.3) is 11.1 Å². The zero-order valence-corrected chi connectivity index (χ0v) is 11.5. The van der Waals surface area contributed by atoms with Crippen LogP contribution in [0.4, 0.5) is 0 Å². The maximum absolute atomic E-state index is 11.9. The topological polar surface area (TPSA) is 17.1 Å². The normalized spacial score (nSPS) is 10.1. The Morgan fingerprint density at radius 1 is 1.00 bits per heavy atom. The maximum atomic E-state index is 11.9. The molecule has 0 unspecified atom stereocenters. The van der Waals surface area contributed by atoms with Gasteiger partial charge in [-0.1, -0.05) is 60.7 Å². The molecular weight excluding hydrogens is 252 g/mol. The number of thioether (sulfide) groups is 1. The van der Waals surface area contributed by atoms with Crippen LogP contribution in [0.1, 0.15) is 10.4 Å². The fourth-order valence-electron chi connectivity index (χ4n) is 1.80. The van der Waals surface area contributed by atoms with E-state index in [1.54, 1.807) is 11.8 Å². The third-order valence-corrected chi connectivity index (χ3v) is 3.72. The Bertz CT molecular complexity index is 543. The fraction of sp³-hybridized carbons (Fsp3) is 0.118. The van der Waals surface area contributed by atoms with Gasteiger partial charge in [0, 0.05) is 11.3 Å². The predicted molar refractivity (Wildman–Crippen MR) is 83.7 cm³/mol. The first-order chi connectivity index (χ1) is 9.31. The molecule has 0 aromatic heterocycles. The van der Waals surface area contributed by atoms with E-state index in [1.807, 2.05) is 48.5 Å². The van der Waals surface area contributed by atoms with Gasteiger partial charge in [0.15, 0.2) is 5.78 Å². The summed E-state index contributed by atoms with van der Waals surface area (Å²) in [7, 11) is 0. The standard InChI is InChI=1S/C17H16OS/c1-2-12-19-13-17(18)16-10-8-15(9-11-16)14-6-4-3-5-7-14/h2-11H,1,12-13H2. The molecule has 2 heteroatoms. The molecule has 0 aliphatic heterocycles. The van der Waals surface area contributed by atoms with Crippen LogP contribution in [-0.2, 0) is 0 Å². The first-order valence-electron chi connectivity index (χ1n) is 6.18. The van der Waals surface area contributed by atoms with Crippen molar-refractivity contribution in [3.8, 4) is 11.1 Å². The molecule has 2 rings (SSSR count). The highest BCUT2D eigenvalue weighted by Crippen LogP contribution is 2.19. The molecule has 0 saturated carbocycles. The van der Waals surface area contributed by atoms with E-state index in [2.05, 4.69) is 18.7 Å². The van der Waals surface area contributed by atoms with Gasteiger partial charge >= 0.3 is 0 Å². The predicted octanol–water partition coefficient (Wildman–Crippen LogP) is 4.46. The molecule has 0 amide bonds. The Morgan fingerprint density at radius 2 is 1.63 bits per heavy atom. The number of Topliss-reactive ketones (excluding diaryl/α,β-unsaturated/α-hetero) is 1. The molecular formula is C17H16OS. The maximum Gasteiger partial charge on any atom is 0.172 e. The highest BCUT2D eigenvalue weighted by atomic mass is 32.2. The van der Waals surface area contributed by atoms with Crippen LogP contribution in [0, 0.1) is 0 Å². The molecule has 2 aromatic carbocycles. The zero-order chi connectivity index (χ0) is 13.5. The van der Waals surface area contributed by atoms with Crippen molar-refractivity contribution in [1.82, 2.24) is 0 Å². The summed E-state index contributed by atoms with van der Waals surface area (Å²) in [5, 5.41) is 0. The lowest BCUT2D eigenvalue weighted by Crippen LogP contribution is -2.02. The summed E-state index contributed by atoms with van der Waals surface area (Å²) in [5.74, 6) is 1.50. The molecule has 0 aliphatic rings. The van der Waals surface area contributed by atoms with Gasteiger partial charge in [-0.25, -0.2) is 0 Å². The molecule has 0 aliphatic carbocycles. The summed E-state index contributed by atoms with van der Waals surface area (Å²) in [6, 6.07) is 18.0. The third kappa shape index (κ3) is 3.83. The average Bonchev–Trinajstić information content (AvgIpc) is 2.48. The van der Waals surface area contributed by atoms with Gasteiger partial charge in [-0.3, -0.25) is 4.79 Å². The number of benzene rings is 2. The molecule has 0 radical (unpaired) electrons. The van der Waals surface area contributed by atoms with E-state index in [-0.39, 0.29) is 5.78 Å². The number of hydrogen-bond acceptors (Lipinski definition) is 2. The van der Waals surface area contributed by atoms with Gasteiger partial charge in [0.1, 0.15) is 0 Å². The highest BCUT2D eigenvalue weighted by Gasteiger charge is 2.05. The lowest BCUT2D eigenvalue weighted by molar-refractivity contribution is 0.102. The van der Waals surface area contributed by atoms with Gasteiger partial charge in [-0.05, 0) is 11.1 Å². The SMILES string of the molecule is C=CCSCC(=O)c1ccc(-c2ccccc2)cc1. The number of ketones is 1. The molecule has 0 spiro atoms. The Labute approximate surface area is 118 Å². The summed E-state index contributed by atoms with van der Waals surface area (Å²) in [4.78, 5) is 11.9. The largest absolute Gasteiger partial charge is 0.293 e. The summed E-state index contributed by atoms with van der Waals surface area (Å²) in [6.07, 6.45) is 1.82. The van der Waals surface area contributed by atoms with E-state index < -0.39 is 0 Å². The molecule has 19 heavy (non-hydrogen) atoms. The molecule has 0 heterocycles. The highest BCUT2D eigenvalue weighted by molar-refractivity contribution is 8.00. The number of carbonyl (C=O) groups excluding carboxylic acids is 1. The van der Waals surface area contributed by atoms with Crippen molar-refractivity contribution in [2.24, 2.45) is 0 Å². The van der Waals surface area contributed by atoms with Crippen LogP contribution in [-0.4, -0.2) is 17.3 Å². The summed E-state index contributed by atoms with van der Waals surface area (Å²) < 4.78 is 0.